The molecule has 1 amide bonds. The molecule has 2 aromatic rings. The van der Waals surface area contributed by atoms with Crippen LogP contribution in [-0.2, 0) is 21.4 Å². The molecule has 32 heavy (non-hydrogen) atoms. The quantitative estimate of drug-likeness (QED) is 0.626. The van der Waals surface area contributed by atoms with Crippen molar-refractivity contribution >= 4 is 15.9 Å². The highest BCUT2D eigenvalue weighted by molar-refractivity contribution is 7.89. The topological polar surface area (TPSA) is 96.9 Å². The van der Waals surface area contributed by atoms with Crippen LogP contribution in [0.2, 0.25) is 0 Å². The summed E-state index contributed by atoms with van der Waals surface area (Å²) in [5.74, 6) is 2.77. The fourth-order valence-corrected chi connectivity index (χ4v) is 8.24. The third-order valence-electron chi connectivity index (χ3n) is 7.77. The molecule has 4 bridgehead atoms. The van der Waals surface area contributed by atoms with Crippen molar-refractivity contribution in [3.63, 3.8) is 0 Å². The molecule has 6 rings (SSSR count). The van der Waals surface area contributed by atoms with E-state index < -0.39 is 10.0 Å². The standard InChI is InChI=1S/C23H31N3O5S/c1-15-22(16(2)31-24-15)32(28,29)25(3)14-21(27)26(13-20-5-4-6-30-20)23-10-17-7-18(11-23)9-19(8-17)12-23/h4-6,17-19H,7-14H2,1-3H3. The van der Waals surface area contributed by atoms with E-state index in [1.54, 1.807) is 20.1 Å². The SMILES string of the molecule is Cc1noc(C)c1S(=O)(=O)N(C)CC(=O)N(Cc1ccco1)C12CC3CC(CC(C3)C1)C2. The molecule has 2 aromatic heterocycles. The second kappa shape index (κ2) is 7.73. The second-order valence-corrected chi connectivity index (χ2v) is 12.1. The van der Waals surface area contributed by atoms with Crippen molar-refractivity contribution in [2.45, 2.75) is 69.4 Å². The van der Waals surface area contributed by atoms with E-state index in [1.807, 2.05) is 17.0 Å². The van der Waals surface area contributed by atoms with Crippen LogP contribution >= 0.6 is 0 Å². The normalized spacial score (nSPS) is 29.1. The molecule has 0 spiro atoms. The van der Waals surface area contributed by atoms with Gasteiger partial charge in [-0.15, -0.1) is 0 Å². The smallest absolute Gasteiger partial charge is 0.248 e. The minimum Gasteiger partial charge on any atom is -0.467 e. The van der Waals surface area contributed by atoms with E-state index in [9.17, 15) is 13.2 Å². The minimum absolute atomic E-state index is 0.0418. The summed E-state index contributed by atoms with van der Waals surface area (Å²) >= 11 is 0. The average Bonchev–Trinajstić information content (AvgIpc) is 3.34. The number of carbonyl (C=O) groups excluding carboxylic acids is 1. The van der Waals surface area contributed by atoms with Crippen molar-refractivity contribution < 1.29 is 22.2 Å². The number of sulfonamides is 1. The van der Waals surface area contributed by atoms with Crippen LogP contribution in [0, 0.1) is 31.6 Å². The van der Waals surface area contributed by atoms with Gasteiger partial charge >= 0.3 is 0 Å². The summed E-state index contributed by atoms with van der Waals surface area (Å²) in [6.45, 7) is 3.31. The summed E-state index contributed by atoms with van der Waals surface area (Å²) in [7, 11) is -2.45. The molecule has 0 saturated heterocycles. The Morgan fingerprint density at radius 2 is 1.78 bits per heavy atom. The number of hydrogen-bond acceptors (Lipinski definition) is 6. The molecular weight excluding hydrogens is 430 g/mol. The number of nitrogens with zero attached hydrogens (tertiary/aromatic N) is 3. The monoisotopic (exact) mass is 461 g/mol. The van der Waals surface area contributed by atoms with Crippen molar-refractivity contribution in [1.29, 1.82) is 0 Å². The molecule has 0 aromatic carbocycles. The average molecular weight is 462 g/mol. The van der Waals surface area contributed by atoms with Gasteiger partial charge in [0.1, 0.15) is 16.3 Å². The van der Waals surface area contributed by atoms with Crippen LogP contribution in [0.3, 0.4) is 0 Å². The Morgan fingerprint density at radius 3 is 2.28 bits per heavy atom. The van der Waals surface area contributed by atoms with Gasteiger partial charge in [0, 0.05) is 12.6 Å². The Labute approximate surface area is 189 Å². The molecule has 4 aliphatic rings. The first-order valence-electron chi connectivity index (χ1n) is 11.4. The maximum absolute atomic E-state index is 13.7. The van der Waals surface area contributed by atoms with Gasteiger partial charge in [-0.05, 0) is 82.3 Å². The zero-order valence-corrected chi connectivity index (χ0v) is 19.7. The maximum atomic E-state index is 13.7. The van der Waals surface area contributed by atoms with Crippen LogP contribution in [0.25, 0.3) is 0 Å². The van der Waals surface area contributed by atoms with E-state index in [-0.39, 0.29) is 28.6 Å². The predicted molar refractivity (Wildman–Crippen MR) is 116 cm³/mol. The molecule has 2 heterocycles. The molecular formula is C23H31N3O5S. The molecule has 9 heteroatoms. The molecule has 174 valence electrons. The van der Waals surface area contributed by atoms with Crippen LogP contribution < -0.4 is 0 Å². The van der Waals surface area contributed by atoms with Gasteiger partial charge in [0.25, 0.3) is 0 Å². The van der Waals surface area contributed by atoms with Gasteiger partial charge in [0.05, 0.1) is 19.4 Å². The number of aryl methyl sites for hydroxylation is 2. The van der Waals surface area contributed by atoms with E-state index in [1.165, 1.54) is 26.3 Å². The number of carbonyl (C=O) groups is 1. The zero-order valence-electron chi connectivity index (χ0n) is 18.9. The van der Waals surface area contributed by atoms with Crippen LogP contribution in [0.15, 0.2) is 32.2 Å². The van der Waals surface area contributed by atoms with E-state index in [4.69, 9.17) is 8.94 Å². The highest BCUT2D eigenvalue weighted by Crippen LogP contribution is 2.58. The highest BCUT2D eigenvalue weighted by atomic mass is 32.2. The number of hydrogen-bond donors (Lipinski definition) is 0. The van der Waals surface area contributed by atoms with Gasteiger partial charge in [-0.2, -0.15) is 4.31 Å². The van der Waals surface area contributed by atoms with Gasteiger partial charge in [-0.1, -0.05) is 5.16 Å². The van der Waals surface area contributed by atoms with Crippen molar-refractivity contribution in [2.24, 2.45) is 17.8 Å². The lowest BCUT2D eigenvalue weighted by molar-refractivity contribution is -0.153. The lowest BCUT2D eigenvalue weighted by Gasteiger charge is -2.60. The van der Waals surface area contributed by atoms with Crippen LogP contribution in [0.5, 0.6) is 0 Å². The summed E-state index contributed by atoms with van der Waals surface area (Å²) in [6.07, 6.45) is 8.43. The molecule has 4 saturated carbocycles. The van der Waals surface area contributed by atoms with E-state index >= 15 is 0 Å². The predicted octanol–water partition coefficient (Wildman–Crippen LogP) is 3.50. The number of rotatable bonds is 7. The molecule has 0 unspecified atom stereocenters. The first-order valence-corrected chi connectivity index (χ1v) is 12.8. The summed E-state index contributed by atoms with van der Waals surface area (Å²) in [4.78, 5) is 15.7. The van der Waals surface area contributed by atoms with Crippen LogP contribution in [0.4, 0.5) is 0 Å². The summed E-state index contributed by atoms with van der Waals surface area (Å²) < 4.78 is 38.2. The van der Waals surface area contributed by atoms with Gasteiger partial charge in [0.15, 0.2) is 5.76 Å². The third-order valence-corrected chi connectivity index (χ3v) is 9.82. The Bertz CT molecular complexity index is 1050. The summed E-state index contributed by atoms with van der Waals surface area (Å²) in [5, 5.41) is 3.77. The first kappa shape index (κ1) is 21.7. The Kier molecular flexibility index (Phi) is 5.24. The lowest BCUT2D eigenvalue weighted by atomic mass is 9.52. The van der Waals surface area contributed by atoms with E-state index in [2.05, 4.69) is 5.16 Å². The van der Waals surface area contributed by atoms with Gasteiger partial charge in [-0.3, -0.25) is 4.79 Å². The minimum atomic E-state index is -3.90. The van der Waals surface area contributed by atoms with Crippen LogP contribution in [-0.4, -0.2) is 47.8 Å². The van der Waals surface area contributed by atoms with Crippen molar-refractivity contribution in [2.75, 3.05) is 13.6 Å². The molecule has 0 aliphatic heterocycles. The van der Waals surface area contributed by atoms with E-state index in [0.29, 0.717) is 30.0 Å². The fraction of sp³-hybridized carbons (Fsp3) is 0.652. The van der Waals surface area contributed by atoms with Gasteiger partial charge in [-0.25, -0.2) is 8.42 Å². The number of furan rings is 1. The number of likely N-dealkylation sites (N-methyl/N-ethyl adjacent to an activating group) is 1. The number of aromatic nitrogens is 1. The summed E-state index contributed by atoms with van der Waals surface area (Å²) in [6, 6.07) is 3.71. The van der Waals surface area contributed by atoms with Gasteiger partial charge < -0.3 is 13.8 Å². The number of amides is 1. The Morgan fingerprint density at radius 1 is 1.16 bits per heavy atom. The zero-order chi connectivity index (χ0) is 22.7. The Hall–Kier alpha value is -2.13. The van der Waals surface area contributed by atoms with Crippen molar-refractivity contribution in [3.05, 3.63) is 35.6 Å². The molecule has 0 radical (unpaired) electrons. The molecule has 8 nitrogen and oxygen atoms in total. The largest absolute Gasteiger partial charge is 0.467 e. The highest BCUT2D eigenvalue weighted by Gasteiger charge is 2.55. The van der Waals surface area contributed by atoms with Crippen molar-refractivity contribution in [3.8, 4) is 0 Å². The maximum Gasteiger partial charge on any atom is 0.248 e. The fourth-order valence-electron chi connectivity index (χ4n) is 6.83. The third kappa shape index (κ3) is 3.59. The second-order valence-electron chi connectivity index (χ2n) is 10.1. The first-order chi connectivity index (χ1) is 15.2. The van der Waals surface area contributed by atoms with Crippen molar-refractivity contribution in [1.82, 2.24) is 14.4 Å². The molecule has 4 aliphatic carbocycles. The summed E-state index contributed by atoms with van der Waals surface area (Å²) in [5.41, 5.74) is 0.0991. The lowest BCUT2D eigenvalue weighted by Crippen LogP contribution is -2.62. The molecule has 0 N–H and O–H groups in total. The molecule has 0 atom stereocenters. The van der Waals surface area contributed by atoms with E-state index in [0.717, 1.165) is 29.3 Å². The van der Waals surface area contributed by atoms with Gasteiger partial charge in [0.2, 0.25) is 15.9 Å². The van der Waals surface area contributed by atoms with Crippen LogP contribution in [0.1, 0.15) is 55.7 Å². The molecule has 4 fully saturated rings. The Balaban J connectivity index is 1.43.